The Balaban J connectivity index is 1.75. The van der Waals surface area contributed by atoms with Crippen LogP contribution in [0.5, 0.6) is 5.75 Å². The zero-order valence-corrected chi connectivity index (χ0v) is 15.5. The van der Waals surface area contributed by atoms with E-state index >= 15 is 0 Å². The van der Waals surface area contributed by atoms with Crippen LogP contribution >= 0.6 is 15.9 Å². The van der Waals surface area contributed by atoms with Gasteiger partial charge in [-0.1, -0.05) is 22.0 Å². The van der Waals surface area contributed by atoms with Gasteiger partial charge in [0.15, 0.2) is 17.3 Å². The molecular formula is C19H17BrN4O2. The molecule has 1 amide bonds. The average molecular weight is 413 g/mol. The van der Waals surface area contributed by atoms with E-state index in [0.29, 0.717) is 5.69 Å². The molecule has 0 bridgehead atoms. The number of nitrogens with zero attached hydrogens (tertiary/aromatic N) is 3. The predicted octanol–water partition coefficient (Wildman–Crippen LogP) is 3.87. The average Bonchev–Trinajstić information content (AvgIpc) is 3.03. The molecule has 0 aliphatic heterocycles. The van der Waals surface area contributed by atoms with Crippen LogP contribution in [0, 0.1) is 0 Å². The summed E-state index contributed by atoms with van der Waals surface area (Å²) in [5.41, 5.74) is 3.36. The second kappa shape index (κ2) is 6.92. The fourth-order valence-electron chi connectivity index (χ4n) is 3.26. The molecule has 1 aliphatic carbocycles. The van der Waals surface area contributed by atoms with E-state index in [1.807, 2.05) is 28.9 Å². The standard InChI is InChI=1S/C19H17BrN4O2/c20-12-5-3-6-13(11-12)24-15-8-2-1-7-14(15)17(23-24)19(26)22-18-16(25)9-4-10-21-18/h3-6,9-11,25H,1-2,7-8H2,(H,21,22,26). The van der Waals surface area contributed by atoms with Crippen molar-refractivity contribution in [2.24, 2.45) is 0 Å². The van der Waals surface area contributed by atoms with E-state index in [-0.39, 0.29) is 17.5 Å². The van der Waals surface area contributed by atoms with Crippen molar-refractivity contribution in [3.05, 3.63) is 64.0 Å². The van der Waals surface area contributed by atoms with Crippen LogP contribution in [0.3, 0.4) is 0 Å². The molecule has 1 aliphatic rings. The fraction of sp³-hybridized carbons (Fsp3) is 0.211. The molecule has 1 aromatic carbocycles. The molecular weight excluding hydrogens is 396 g/mol. The van der Waals surface area contributed by atoms with Crippen molar-refractivity contribution in [2.75, 3.05) is 5.32 Å². The highest BCUT2D eigenvalue weighted by atomic mass is 79.9. The first-order valence-electron chi connectivity index (χ1n) is 8.45. The van der Waals surface area contributed by atoms with E-state index < -0.39 is 0 Å². The van der Waals surface area contributed by atoms with Gasteiger partial charge in [-0.25, -0.2) is 9.67 Å². The topological polar surface area (TPSA) is 80.0 Å². The first-order chi connectivity index (χ1) is 12.6. The molecule has 26 heavy (non-hydrogen) atoms. The maximum absolute atomic E-state index is 12.8. The Morgan fingerprint density at radius 2 is 2.04 bits per heavy atom. The Morgan fingerprint density at radius 1 is 1.19 bits per heavy atom. The maximum atomic E-state index is 12.8. The molecule has 0 saturated heterocycles. The minimum absolute atomic E-state index is 0.0684. The van der Waals surface area contributed by atoms with Crippen LogP contribution in [-0.2, 0) is 12.8 Å². The Bertz CT molecular complexity index is 983. The Kier molecular flexibility index (Phi) is 4.46. The van der Waals surface area contributed by atoms with Crippen LogP contribution in [0.2, 0.25) is 0 Å². The van der Waals surface area contributed by atoms with Gasteiger partial charge in [-0.05, 0) is 56.0 Å². The number of pyridine rings is 1. The van der Waals surface area contributed by atoms with Gasteiger partial charge in [0.25, 0.3) is 5.91 Å². The number of halogens is 1. The number of aromatic hydroxyl groups is 1. The number of nitrogens with one attached hydrogen (secondary N) is 1. The molecule has 2 aromatic heterocycles. The molecule has 0 fully saturated rings. The second-order valence-corrected chi connectivity index (χ2v) is 7.11. The summed E-state index contributed by atoms with van der Waals surface area (Å²) in [6, 6.07) is 10.9. The van der Waals surface area contributed by atoms with E-state index in [0.717, 1.165) is 47.1 Å². The molecule has 0 unspecified atom stereocenters. The summed E-state index contributed by atoms with van der Waals surface area (Å²) in [4.78, 5) is 16.8. The van der Waals surface area contributed by atoms with Gasteiger partial charge in [-0.2, -0.15) is 5.10 Å². The van der Waals surface area contributed by atoms with Crippen LogP contribution in [0.1, 0.15) is 34.6 Å². The number of amides is 1. The monoisotopic (exact) mass is 412 g/mol. The lowest BCUT2D eigenvalue weighted by molar-refractivity contribution is 0.102. The minimum Gasteiger partial charge on any atom is -0.504 e. The van der Waals surface area contributed by atoms with Crippen molar-refractivity contribution in [1.29, 1.82) is 0 Å². The molecule has 3 aromatic rings. The van der Waals surface area contributed by atoms with Gasteiger partial charge in [0.05, 0.1) is 5.69 Å². The van der Waals surface area contributed by atoms with Crippen molar-refractivity contribution in [3.63, 3.8) is 0 Å². The van der Waals surface area contributed by atoms with E-state index in [9.17, 15) is 9.90 Å². The normalized spacial score (nSPS) is 13.3. The predicted molar refractivity (Wildman–Crippen MR) is 102 cm³/mol. The summed E-state index contributed by atoms with van der Waals surface area (Å²) in [7, 11) is 0. The summed E-state index contributed by atoms with van der Waals surface area (Å²) >= 11 is 3.49. The summed E-state index contributed by atoms with van der Waals surface area (Å²) in [6.07, 6.45) is 5.34. The van der Waals surface area contributed by atoms with Gasteiger partial charge in [0.2, 0.25) is 0 Å². The number of benzene rings is 1. The highest BCUT2D eigenvalue weighted by Gasteiger charge is 2.26. The lowest BCUT2D eigenvalue weighted by atomic mass is 9.95. The first-order valence-corrected chi connectivity index (χ1v) is 9.25. The summed E-state index contributed by atoms with van der Waals surface area (Å²) < 4.78 is 2.81. The van der Waals surface area contributed by atoms with Gasteiger partial charge >= 0.3 is 0 Å². The molecule has 2 N–H and O–H groups in total. The Labute approximate surface area is 159 Å². The zero-order chi connectivity index (χ0) is 18.1. The molecule has 0 radical (unpaired) electrons. The minimum atomic E-state index is -0.356. The number of aromatic nitrogens is 3. The van der Waals surface area contributed by atoms with Crippen LogP contribution in [0.15, 0.2) is 47.1 Å². The molecule has 0 saturated carbocycles. The number of carbonyl (C=O) groups excluding carboxylic acids is 1. The van der Waals surface area contributed by atoms with Gasteiger partial charge in [0, 0.05) is 21.9 Å². The third kappa shape index (κ3) is 3.10. The van der Waals surface area contributed by atoms with Crippen molar-refractivity contribution in [3.8, 4) is 11.4 Å². The van der Waals surface area contributed by atoms with E-state index in [4.69, 9.17) is 0 Å². The SMILES string of the molecule is O=C(Nc1ncccc1O)c1nn(-c2cccc(Br)c2)c2c1CCCC2. The van der Waals surface area contributed by atoms with Crippen molar-refractivity contribution < 1.29 is 9.90 Å². The Hall–Kier alpha value is -2.67. The van der Waals surface area contributed by atoms with Crippen LogP contribution < -0.4 is 5.32 Å². The van der Waals surface area contributed by atoms with E-state index in [2.05, 4.69) is 31.3 Å². The van der Waals surface area contributed by atoms with Crippen LogP contribution in [-0.4, -0.2) is 25.8 Å². The first kappa shape index (κ1) is 16.8. The fourth-order valence-corrected chi connectivity index (χ4v) is 3.65. The van der Waals surface area contributed by atoms with Crippen molar-refractivity contribution >= 4 is 27.7 Å². The van der Waals surface area contributed by atoms with Gasteiger partial charge in [-0.3, -0.25) is 4.79 Å². The van der Waals surface area contributed by atoms with E-state index in [1.165, 1.54) is 12.3 Å². The molecule has 7 heteroatoms. The lowest BCUT2D eigenvalue weighted by Crippen LogP contribution is -2.16. The highest BCUT2D eigenvalue weighted by molar-refractivity contribution is 9.10. The van der Waals surface area contributed by atoms with Gasteiger partial charge < -0.3 is 10.4 Å². The summed E-state index contributed by atoms with van der Waals surface area (Å²) in [5, 5.41) is 17.1. The molecule has 6 nitrogen and oxygen atoms in total. The smallest absolute Gasteiger partial charge is 0.277 e. The van der Waals surface area contributed by atoms with Crippen LogP contribution in [0.25, 0.3) is 5.69 Å². The molecule has 2 heterocycles. The summed E-state index contributed by atoms with van der Waals surface area (Å²) in [5.74, 6) is -0.286. The number of carbonyl (C=O) groups is 1. The lowest BCUT2D eigenvalue weighted by Gasteiger charge is -2.14. The molecule has 132 valence electrons. The molecule has 0 spiro atoms. The summed E-state index contributed by atoms with van der Waals surface area (Å²) in [6.45, 7) is 0. The number of anilines is 1. The highest BCUT2D eigenvalue weighted by Crippen LogP contribution is 2.29. The van der Waals surface area contributed by atoms with Crippen molar-refractivity contribution in [1.82, 2.24) is 14.8 Å². The zero-order valence-electron chi connectivity index (χ0n) is 13.9. The molecule has 4 rings (SSSR count). The van der Waals surface area contributed by atoms with Gasteiger partial charge in [0.1, 0.15) is 0 Å². The second-order valence-electron chi connectivity index (χ2n) is 6.20. The molecule has 0 atom stereocenters. The van der Waals surface area contributed by atoms with E-state index in [1.54, 1.807) is 6.07 Å². The largest absolute Gasteiger partial charge is 0.504 e. The number of hydrogen-bond donors (Lipinski definition) is 2. The third-order valence-electron chi connectivity index (χ3n) is 4.47. The Morgan fingerprint density at radius 3 is 2.85 bits per heavy atom. The number of fused-ring (bicyclic) bond motifs is 1. The number of rotatable bonds is 3. The third-order valence-corrected chi connectivity index (χ3v) is 4.96. The van der Waals surface area contributed by atoms with Gasteiger partial charge in [-0.15, -0.1) is 0 Å². The quantitative estimate of drug-likeness (QED) is 0.684. The maximum Gasteiger partial charge on any atom is 0.277 e. The van der Waals surface area contributed by atoms with Crippen molar-refractivity contribution in [2.45, 2.75) is 25.7 Å². The number of hydrogen-bond acceptors (Lipinski definition) is 4. The van der Waals surface area contributed by atoms with Crippen LogP contribution in [0.4, 0.5) is 5.82 Å².